The van der Waals surface area contributed by atoms with Crippen LogP contribution < -0.4 is 0 Å². The molecule has 0 aliphatic heterocycles. The van der Waals surface area contributed by atoms with E-state index in [2.05, 4.69) is 4.98 Å². The van der Waals surface area contributed by atoms with Gasteiger partial charge in [0.25, 0.3) is 5.22 Å². The molecule has 86 valence electrons. The highest BCUT2D eigenvalue weighted by atomic mass is 32.2. The van der Waals surface area contributed by atoms with Crippen LogP contribution in [-0.4, -0.2) is 4.98 Å². The van der Waals surface area contributed by atoms with E-state index in [1.165, 1.54) is 30.0 Å². The van der Waals surface area contributed by atoms with Crippen LogP contribution in [-0.2, 0) is 5.75 Å². The summed E-state index contributed by atoms with van der Waals surface area (Å²) in [5.41, 5.74) is 1.92. The molecule has 2 aromatic rings. The Morgan fingerprint density at radius 2 is 2.35 bits per heavy atom. The first-order valence-electron chi connectivity index (χ1n) is 4.92. The molecule has 0 spiro atoms. The average molecular weight is 248 g/mol. The van der Waals surface area contributed by atoms with Gasteiger partial charge in [0, 0.05) is 5.75 Å². The van der Waals surface area contributed by atoms with Gasteiger partial charge in [-0.2, -0.15) is 5.26 Å². The summed E-state index contributed by atoms with van der Waals surface area (Å²) >= 11 is 1.34. The van der Waals surface area contributed by atoms with Crippen molar-refractivity contribution in [1.82, 2.24) is 4.98 Å². The zero-order chi connectivity index (χ0) is 12.3. The number of benzene rings is 1. The summed E-state index contributed by atoms with van der Waals surface area (Å²) in [6, 6.07) is 6.15. The van der Waals surface area contributed by atoms with E-state index in [0.717, 1.165) is 5.69 Å². The van der Waals surface area contributed by atoms with Crippen molar-refractivity contribution < 1.29 is 8.81 Å². The van der Waals surface area contributed by atoms with Gasteiger partial charge < -0.3 is 4.42 Å². The minimum Gasteiger partial charge on any atom is -0.440 e. The van der Waals surface area contributed by atoms with Gasteiger partial charge in [-0.15, -0.1) is 0 Å². The molecule has 17 heavy (non-hydrogen) atoms. The third-order valence-electron chi connectivity index (χ3n) is 2.14. The Bertz CT molecular complexity index is 574. The first-order valence-corrected chi connectivity index (χ1v) is 5.91. The summed E-state index contributed by atoms with van der Waals surface area (Å²) in [6.07, 6.45) is 1.55. The average Bonchev–Trinajstić information content (AvgIpc) is 2.73. The van der Waals surface area contributed by atoms with E-state index in [-0.39, 0.29) is 5.82 Å². The zero-order valence-corrected chi connectivity index (χ0v) is 9.92. The van der Waals surface area contributed by atoms with Crippen LogP contribution >= 0.6 is 11.8 Å². The van der Waals surface area contributed by atoms with Crippen molar-refractivity contribution in [2.75, 3.05) is 0 Å². The van der Waals surface area contributed by atoms with Crippen molar-refractivity contribution in [3.63, 3.8) is 0 Å². The Labute approximate surface area is 102 Å². The molecule has 0 saturated heterocycles. The maximum Gasteiger partial charge on any atom is 0.256 e. The van der Waals surface area contributed by atoms with Gasteiger partial charge in [-0.25, -0.2) is 9.37 Å². The summed E-state index contributed by atoms with van der Waals surface area (Å²) in [6.45, 7) is 1.83. The largest absolute Gasteiger partial charge is 0.440 e. The lowest BCUT2D eigenvalue weighted by Gasteiger charge is -2.01. The summed E-state index contributed by atoms with van der Waals surface area (Å²) in [5, 5.41) is 9.41. The van der Waals surface area contributed by atoms with Gasteiger partial charge in [-0.3, -0.25) is 0 Å². The van der Waals surface area contributed by atoms with E-state index >= 15 is 0 Å². The minimum absolute atomic E-state index is 0.344. The highest BCUT2D eigenvalue weighted by Crippen LogP contribution is 2.24. The summed E-state index contributed by atoms with van der Waals surface area (Å²) in [7, 11) is 0. The number of hydrogen-bond acceptors (Lipinski definition) is 4. The molecule has 0 unspecified atom stereocenters. The number of thioether (sulfide) groups is 1. The zero-order valence-electron chi connectivity index (χ0n) is 9.11. The molecule has 0 bridgehead atoms. The van der Waals surface area contributed by atoms with Crippen LogP contribution in [0.1, 0.15) is 16.8 Å². The van der Waals surface area contributed by atoms with Crippen LogP contribution in [0.2, 0.25) is 0 Å². The van der Waals surface area contributed by atoms with Gasteiger partial charge in [0.2, 0.25) is 0 Å². The van der Waals surface area contributed by atoms with Crippen molar-refractivity contribution in [3.8, 4) is 6.07 Å². The summed E-state index contributed by atoms with van der Waals surface area (Å²) < 4.78 is 18.2. The molecule has 5 heteroatoms. The SMILES string of the molecule is Cc1coc(SCc2cc(F)ccc2C#N)n1. The third-order valence-corrected chi connectivity index (χ3v) is 3.03. The number of oxazole rings is 1. The smallest absolute Gasteiger partial charge is 0.256 e. The summed E-state index contributed by atoms with van der Waals surface area (Å²) in [5.74, 6) is 0.115. The number of rotatable bonds is 3. The van der Waals surface area contributed by atoms with E-state index in [0.29, 0.717) is 22.1 Å². The molecule has 0 N–H and O–H groups in total. The minimum atomic E-state index is -0.344. The molecular formula is C12H9FN2OS. The highest BCUT2D eigenvalue weighted by molar-refractivity contribution is 7.98. The lowest BCUT2D eigenvalue weighted by Crippen LogP contribution is -1.89. The predicted molar refractivity (Wildman–Crippen MR) is 61.9 cm³/mol. The van der Waals surface area contributed by atoms with Crippen LogP contribution in [0.15, 0.2) is 34.1 Å². The molecule has 0 aliphatic rings. The van der Waals surface area contributed by atoms with Crippen LogP contribution in [0, 0.1) is 24.1 Å². The molecule has 0 saturated carbocycles. The molecule has 0 aliphatic carbocycles. The van der Waals surface area contributed by atoms with Crippen molar-refractivity contribution in [1.29, 1.82) is 5.26 Å². The van der Waals surface area contributed by atoms with Gasteiger partial charge in [0.05, 0.1) is 17.3 Å². The lowest BCUT2D eigenvalue weighted by atomic mass is 10.1. The van der Waals surface area contributed by atoms with Gasteiger partial charge in [-0.1, -0.05) is 11.8 Å². The topological polar surface area (TPSA) is 49.8 Å². The van der Waals surface area contributed by atoms with Crippen molar-refractivity contribution in [2.24, 2.45) is 0 Å². The van der Waals surface area contributed by atoms with Gasteiger partial charge >= 0.3 is 0 Å². The monoisotopic (exact) mass is 248 g/mol. The molecular weight excluding hydrogens is 239 g/mol. The highest BCUT2D eigenvalue weighted by Gasteiger charge is 2.07. The van der Waals surface area contributed by atoms with E-state index in [1.807, 2.05) is 13.0 Å². The fourth-order valence-corrected chi connectivity index (χ4v) is 2.17. The molecule has 0 atom stereocenters. The second kappa shape index (κ2) is 5.02. The Morgan fingerprint density at radius 1 is 1.53 bits per heavy atom. The van der Waals surface area contributed by atoms with Gasteiger partial charge in [0.1, 0.15) is 12.1 Å². The molecule has 0 amide bonds. The molecule has 1 aromatic heterocycles. The van der Waals surface area contributed by atoms with Crippen LogP contribution in [0.5, 0.6) is 0 Å². The second-order valence-corrected chi connectivity index (χ2v) is 4.38. The molecule has 1 heterocycles. The standard InChI is InChI=1S/C12H9FN2OS/c1-8-6-16-12(15-8)17-7-10-4-11(13)3-2-9(10)5-14/h2-4,6H,7H2,1H3. The number of aromatic nitrogens is 1. The third kappa shape index (κ3) is 2.86. The number of nitrogens with zero attached hydrogens (tertiary/aromatic N) is 2. The number of aryl methyl sites for hydroxylation is 1. The predicted octanol–water partition coefficient (Wildman–Crippen LogP) is 3.29. The van der Waals surface area contributed by atoms with Crippen LogP contribution in [0.4, 0.5) is 4.39 Å². The fraction of sp³-hybridized carbons (Fsp3) is 0.167. The fourth-order valence-electron chi connectivity index (χ4n) is 1.33. The van der Waals surface area contributed by atoms with Crippen molar-refractivity contribution >= 4 is 11.8 Å². The quantitative estimate of drug-likeness (QED) is 0.782. The van der Waals surface area contributed by atoms with Gasteiger partial charge in [-0.05, 0) is 30.7 Å². The Hall–Kier alpha value is -1.80. The summed E-state index contributed by atoms with van der Waals surface area (Å²) in [4.78, 5) is 4.12. The maximum absolute atomic E-state index is 13.1. The Balaban J connectivity index is 2.13. The van der Waals surface area contributed by atoms with E-state index in [1.54, 1.807) is 6.26 Å². The first kappa shape index (κ1) is 11.7. The molecule has 1 aromatic carbocycles. The molecule has 0 fully saturated rings. The van der Waals surface area contributed by atoms with Crippen molar-refractivity contribution in [2.45, 2.75) is 17.9 Å². The van der Waals surface area contributed by atoms with E-state index in [9.17, 15) is 4.39 Å². The Morgan fingerprint density at radius 3 is 3.00 bits per heavy atom. The van der Waals surface area contributed by atoms with E-state index in [4.69, 9.17) is 9.68 Å². The van der Waals surface area contributed by atoms with Crippen LogP contribution in [0.3, 0.4) is 0 Å². The molecule has 2 rings (SSSR count). The normalized spacial score (nSPS) is 10.2. The van der Waals surface area contributed by atoms with E-state index < -0.39 is 0 Å². The van der Waals surface area contributed by atoms with Gasteiger partial charge in [0.15, 0.2) is 0 Å². The Kier molecular flexibility index (Phi) is 3.45. The van der Waals surface area contributed by atoms with Crippen molar-refractivity contribution in [3.05, 3.63) is 47.1 Å². The van der Waals surface area contributed by atoms with Crippen LogP contribution in [0.25, 0.3) is 0 Å². The lowest BCUT2D eigenvalue weighted by molar-refractivity contribution is 0.454. The second-order valence-electron chi connectivity index (χ2n) is 3.46. The maximum atomic E-state index is 13.1. The molecule has 3 nitrogen and oxygen atoms in total. The first-order chi connectivity index (χ1) is 8.19. The number of nitriles is 1. The molecule has 0 radical (unpaired) electrons. The number of hydrogen-bond donors (Lipinski definition) is 0. The number of halogens is 1.